The van der Waals surface area contributed by atoms with E-state index in [4.69, 9.17) is 16.1 Å². The number of carbonyl (C=O) groups excluding carboxylic acids is 2. The smallest absolute Gasteiger partial charge is 0.188 e. The van der Waals surface area contributed by atoms with Crippen molar-refractivity contribution in [3.05, 3.63) is 59.3 Å². The maximum atomic E-state index is 11.7. The van der Waals surface area contributed by atoms with Crippen LogP contribution in [-0.4, -0.2) is 16.7 Å². The zero-order valence-corrected chi connectivity index (χ0v) is 10.9. The summed E-state index contributed by atoms with van der Waals surface area (Å²) in [7, 11) is 0. The molecule has 1 aliphatic carbocycles. The zero-order valence-electron chi connectivity index (χ0n) is 10.2. The summed E-state index contributed by atoms with van der Waals surface area (Å²) in [6.45, 7) is 0. The number of benzene rings is 1. The molecule has 0 amide bonds. The summed E-state index contributed by atoms with van der Waals surface area (Å²) in [4.78, 5) is 23.1. The minimum absolute atomic E-state index is 0.222. The summed E-state index contributed by atoms with van der Waals surface area (Å²) in [5.74, 6) is -0.0770. The number of allylic oxidation sites excluding steroid dienone is 4. The highest BCUT2D eigenvalue weighted by atomic mass is 35.5. The van der Waals surface area contributed by atoms with Crippen LogP contribution in [0.3, 0.4) is 0 Å². The van der Waals surface area contributed by atoms with E-state index in [2.05, 4.69) is 5.16 Å². The molecule has 4 nitrogen and oxygen atoms in total. The summed E-state index contributed by atoms with van der Waals surface area (Å²) >= 11 is 6.07. The number of carbonyl (C=O) groups is 2. The highest BCUT2D eigenvalue weighted by Crippen LogP contribution is 2.30. The molecular formula is C15H8ClNO3. The van der Waals surface area contributed by atoms with E-state index in [1.165, 1.54) is 18.2 Å². The number of hydrogen-bond donors (Lipinski definition) is 0. The van der Waals surface area contributed by atoms with E-state index >= 15 is 0 Å². The fourth-order valence-corrected chi connectivity index (χ4v) is 2.13. The predicted octanol–water partition coefficient (Wildman–Crippen LogP) is 3.09. The first kappa shape index (κ1) is 12.6. The molecule has 0 bridgehead atoms. The van der Waals surface area contributed by atoms with E-state index in [0.29, 0.717) is 22.0 Å². The Hall–Kier alpha value is -2.46. The molecule has 0 saturated heterocycles. The van der Waals surface area contributed by atoms with Gasteiger partial charge in [0.15, 0.2) is 17.3 Å². The van der Waals surface area contributed by atoms with Crippen LogP contribution in [0.1, 0.15) is 5.69 Å². The van der Waals surface area contributed by atoms with Gasteiger partial charge in [0.25, 0.3) is 0 Å². The van der Waals surface area contributed by atoms with Gasteiger partial charge < -0.3 is 4.52 Å². The molecule has 5 heteroatoms. The Morgan fingerprint density at radius 2 is 1.90 bits per heavy atom. The number of rotatable bonds is 2. The third-order valence-corrected chi connectivity index (χ3v) is 3.21. The van der Waals surface area contributed by atoms with Crippen molar-refractivity contribution in [3.63, 3.8) is 0 Å². The largest absolute Gasteiger partial charge is 0.356 e. The van der Waals surface area contributed by atoms with Crippen LogP contribution in [0.15, 0.2) is 53.1 Å². The molecule has 0 spiro atoms. The summed E-state index contributed by atoms with van der Waals surface area (Å²) in [6, 6.07) is 8.74. The molecule has 98 valence electrons. The van der Waals surface area contributed by atoms with Crippen molar-refractivity contribution in [1.82, 2.24) is 5.16 Å². The van der Waals surface area contributed by atoms with E-state index in [-0.39, 0.29) is 17.1 Å². The Bertz CT molecular complexity index is 771. The van der Waals surface area contributed by atoms with Gasteiger partial charge in [-0.25, -0.2) is 0 Å². The molecular weight excluding hydrogens is 278 g/mol. The topological polar surface area (TPSA) is 60.2 Å². The third kappa shape index (κ3) is 2.21. The number of aromatic nitrogens is 1. The number of hydrogen-bond acceptors (Lipinski definition) is 4. The molecule has 0 aliphatic heterocycles. The summed E-state index contributed by atoms with van der Waals surface area (Å²) < 4.78 is 5.21. The zero-order chi connectivity index (χ0) is 14.1. The molecule has 1 heterocycles. The molecule has 20 heavy (non-hydrogen) atoms. The van der Waals surface area contributed by atoms with Crippen LogP contribution in [0.4, 0.5) is 0 Å². The van der Waals surface area contributed by atoms with Crippen LogP contribution in [0.5, 0.6) is 0 Å². The fourth-order valence-electron chi connectivity index (χ4n) is 1.90. The molecule has 0 saturated carbocycles. The van der Waals surface area contributed by atoms with Gasteiger partial charge >= 0.3 is 0 Å². The summed E-state index contributed by atoms with van der Waals surface area (Å²) in [5, 5.41) is 4.36. The van der Waals surface area contributed by atoms with Gasteiger partial charge in [-0.05, 0) is 30.4 Å². The first-order valence-electron chi connectivity index (χ1n) is 5.85. The third-order valence-electron chi connectivity index (χ3n) is 2.88. The average molecular weight is 286 g/mol. The lowest BCUT2D eigenvalue weighted by atomic mass is 10.0. The highest BCUT2D eigenvalue weighted by molar-refractivity contribution is 6.34. The Labute approximate surface area is 119 Å². The van der Waals surface area contributed by atoms with Crippen molar-refractivity contribution in [2.24, 2.45) is 0 Å². The Morgan fingerprint density at radius 3 is 2.70 bits per heavy atom. The standard InChI is InChI=1S/C15H8ClNO3/c16-12-4-2-1-3-10(12)15-8-13(17-20-15)11-7-9(18)5-6-14(11)19/h1-8H. The second-order valence-electron chi connectivity index (χ2n) is 4.21. The summed E-state index contributed by atoms with van der Waals surface area (Å²) in [5.41, 5.74) is 1.22. The number of ketones is 2. The SMILES string of the molecule is O=C1C=CC(=O)C(c2cc(-c3ccccc3Cl)on2)=C1. The van der Waals surface area contributed by atoms with Crippen LogP contribution in [0.25, 0.3) is 16.9 Å². The molecule has 1 aliphatic rings. The van der Waals surface area contributed by atoms with Crippen molar-refractivity contribution in [1.29, 1.82) is 0 Å². The van der Waals surface area contributed by atoms with Crippen molar-refractivity contribution >= 4 is 28.7 Å². The van der Waals surface area contributed by atoms with Gasteiger partial charge in [-0.15, -0.1) is 0 Å². The van der Waals surface area contributed by atoms with Crippen molar-refractivity contribution < 1.29 is 14.1 Å². The lowest BCUT2D eigenvalue weighted by Gasteiger charge is -2.01. The van der Waals surface area contributed by atoms with Gasteiger partial charge in [-0.2, -0.15) is 0 Å². The first-order valence-corrected chi connectivity index (χ1v) is 6.23. The minimum atomic E-state index is -0.274. The van der Waals surface area contributed by atoms with Crippen LogP contribution in [0.2, 0.25) is 5.02 Å². The van der Waals surface area contributed by atoms with Gasteiger partial charge in [0.1, 0.15) is 5.69 Å². The van der Waals surface area contributed by atoms with Crippen molar-refractivity contribution in [2.45, 2.75) is 0 Å². The van der Waals surface area contributed by atoms with Crippen LogP contribution in [0, 0.1) is 0 Å². The summed E-state index contributed by atoms with van der Waals surface area (Å²) in [6.07, 6.45) is 3.69. The Kier molecular flexibility index (Phi) is 3.08. The maximum absolute atomic E-state index is 11.7. The molecule has 0 radical (unpaired) electrons. The van der Waals surface area contributed by atoms with Gasteiger partial charge in [0.05, 0.1) is 10.6 Å². The second-order valence-corrected chi connectivity index (χ2v) is 4.62. The number of halogens is 1. The molecule has 2 aromatic rings. The van der Waals surface area contributed by atoms with E-state index in [1.807, 2.05) is 6.07 Å². The monoisotopic (exact) mass is 285 g/mol. The van der Waals surface area contributed by atoms with Crippen molar-refractivity contribution in [3.8, 4) is 11.3 Å². The van der Waals surface area contributed by atoms with Gasteiger partial charge in [-0.1, -0.05) is 28.9 Å². The molecule has 0 unspecified atom stereocenters. The van der Waals surface area contributed by atoms with Gasteiger partial charge in [0.2, 0.25) is 0 Å². The van der Waals surface area contributed by atoms with Gasteiger partial charge in [0, 0.05) is 11.6 Å². The lowest BCUT2D eigenvalue weighted by molar-refractivity contribution is -0.113. The normalized spacial score (nSPS) is 14.6. The quantitative estimate of drug-likeness (QED) is 0.796. The van der Waals surface area contributed by atoms with Crippen LogP contribution < -0.4 is 0 Å². The predicted molar refractivity (Wildman–Crippen MR) is 74.1 cm³/mol. The lowest BCUT2D eigenvalue weighted by Crippen LogP contribution is -2.06. The van der Waals surface area contributed by atoms with E-state index < -0.39 is 0 Å². The van der Waals surface area contributed by atoms with E-state index in [1.54, 1.807) is 24.3 Å². The number of nitrogens with zero attached hydrogens (tertiary/aromatic N) is 1. The Morgan fingerprint density at radius 1 is 1.10 bits per heavy atom. The maximum Gasteiger partial charge on any atom is 0.188 e. The molecule has 3 rings (SSSR count). The van der Waals surface area contributed by atoms with Crippen LogP contribution >= 0.6 is 11.6 Å². The average Bonchev–Trinajstić information content (AvgIpc) is 2.91. The van der Waals surface area contributed by atoms with Gasteiger partial charge in [-0.3, -0.25) is 9.59 Å². The minimum Gasteiger partial charge on any atom is -0.356 e. The van der Waals surface area contributed by atoms with E-state index in [9.17, 15) is 9.59 Å². The second kappa shape index (κ2) is 4.90. The molecule has 0 fully saturated rings. The molecule has 0 N–H and O–H groups in total. The molecule has 1 aromatic carbocycles. The fraction of sp³-hybridized carbons (Fsp3) is 0. The Balaban J connectivity index is 2.01. The van der Waals surface area contributed by atoms with E-state index in [0.717, 1.165) is 0 Å². The first-order chi connectivity index (χ1) is 9.65. The van der Waals surface area contributed by atoms with Crippen LogP contribution in [-0.2, 0) is 9.59 Å². The van der Waals surface area contributed by atoms with Crippen molar-refractivity contribution in [2.75, 3.05) is 0 Å². The highest BCUT2D eigenvalue weighted by Gasteiger charge is 2.19. The molecule has 1 aromatic heterocycles. The molecule has 0 atom stereocenters.